The average molecular weight is 275 g/mol. The van der Waals surface area contributed by atoms with E-state index in [1.807, 2.05) is 0 Å². The Hall–Kier alpha value is -0.820. The molecule has 1 N–H and O–H groups in total. The summed E-state index contributed by atoms with van der Waals surface area (Å²) in [6.07, 6.45) is 3.59. The second-order valence-corrected chi connectivity index (χ2v) is 7.35. The molecule has 0 spiro atoms. The van der Waals surface area contributed by atoms with Gasteiger partial charge in [0.2, 0.25) is 0 Å². The Morgan fingerprint density at radius 2 is 1.90 bits per heavy atom. The first-order valence-electron chi connectivity index (χ1n) is 8.12. The molecule has 0 heterocycles. The molecule has 2 unspecified atom stereocenters. The van der Waals surface area contributed by atoms with E-state index < -0.39 is 0 Å². The highest BCUT2D eigenvalue weighted by atomic mass is 14.9. The molecule has 1 aromatic rings. The lowest BCUT2D eigenvalue weighted by Gasteiger charge is -2.31. The molecule has 0 aliphatic carbocycles. The summed E-state index contributed by atoms with van der Waals surface area (Å²) >= 11 is 0. The van der Waals surface area contributed by atoms with Gasteiger partial charge >= 0.3 is 0 Å². The van der Waals surface area contributed by atoms with E-state index >= 15 is 0 Å². The first kappa shape index (κ1) is 17.2. The van der Waals surface area contributed by atoms with E-state index in [1.54, 1.807) is 0 Å². The number of aryl methyl sites for hydroxylation is 1. The van der Waals surface area contributed by atoms with Gasteiger partial charge in [-0.3, -0.25) is 0 Å². The molecule has 0 aromatic heterocycles. The van der Waals surface area contributed by atoms with Crippen LogP contribution in [-0.4, -0.2) is 12.6 Å². The molecule has 0 fully saturated rings. The summed E-state index contributed by atoms with van der Waals surface area (Å²) in [5, 5.41) is 3.74. The lowest BCUT2D eigenvalue weighted by molar-refractivity contribution is 0.222. The Morgan fingerprint density at radius 1 is 1.20 bits per heavy atom. The van der Waals surface area contributed by atoms with Crippen LogP contribution in [0.25, 0.3) is 0 Å². The molecule has 1 aromatic carbocycles. The van der Waals surface area contributed by atoms with Gasteiger partial charge in [-0.1, -0.05) is 64.4 Å². The molecule has 0 saturated heterocycles. The summed E-state index contributed by atoms with van der Waals surface area (Å²) < 4.78 is 0. The van der Waals surface area contributed by atoms with Gasteiger partial charge in [-0.05, 0) is 49.6 Å². The van der Waals surface area contributed by atoms with Crippen LogP contribution in [0.5, 0.6) is 0 Å². The van der Waals surface area contributed by atoms with Crippen LogP contribution < -0.4 is 5.32 Å². The summed E-state index contributed by atoms with van der Waals surface area (Å²) in [6, 6.07) is 9.52. The highest BCUT2D eigenvalue weighted by Gasteiger charge is 2.23. The van der Waals surface area contributed by atoms with Gasteiger partial charge in [0.25, 0.3) is 0 Å². The van der Waals surface area contributed by atoms with Crippen LogP contribution in [0.3, 0.4) is 0 Å². The van der Waals surface area contributed by atoms with Gasteiger partial charge in [0.1, 0.15) is 0 Å². The smallest absolute Gasteiger partial charge is 0.0110 e. The van der Waals surface area contributed by atoms with Crippen molar-refractivity contribution in [1.82, 2.24) is 5.32 Å². The van der Waals surface area contributed by atoms with Gasteiger partial charge in [-0.15, -0.1) is 0 Å². The quantitative estimate of drug-likeness (QED) is 0.740. The highest BCUT2D eigenvalue weighted by molar-refractivity contribution is 5.23. The molecule has 1 rings (SSSR count). The molecule has 2 atom stereocenters. The summed E-state index contributed by atoms with van der Waals surface area (Å²) in [4.78, 5) is 0. The minimum Gasteiger partial charge on any atom is -0.314 e. The third-order valence-corrected chi connectivity index (χ3v) is 4.36. The van der Waals surface area contributed by atoms with Crippen LogP contribution in [0.2, 0.25) is 0 Å². The zero-order chi connectivity index (χ0) is 15.2. The fourth-order valence-electron chi connectivity index (χ4n) is 2.49. The third kappa shape index (κ3) is 6.09. The summed E-state index contributed by atoms with van der Waals surface area (Å²) in [7, 11) is 0. The number of hydrogen-bond donors (Lipinski definition) is 1. The molecule has 0 radical (unpaired) electrons. The average Bonchev–Trinajstić information content (AvgIpc) is 2.34. The van der Waals surface area contributed by atoms with Crippen molar-refractivity contribution in [3.05, 3.63) is 35.4 Å². The maximum atomic E-state index is 3.74. The Morgan fingerprint density at radius 3 is 2.45 bits per heavy atom. The Balaban J connectivity index is 2.69. The van der Waals surface area contributed by atoms with E-state index in [4.69, 9.17) is 0 Å². The normalized spacial score (nSPS) is 15.1. The van der Waals surface area contributed by atoms with Crippen LogP contribution in [0.1, 0.15) is 58.6 Å². The van der Waals surface area contributed by atoms with E-state index in [-0.39, 0.29) is 0 Å². The third-order valence-electron chi connectivity index (χ3n) is 4.36. The zero-order valence-corrected chi connectivity index (χ0v) is 14.3. The number of rotatable bonds is 7. The second-order valence-electron chi connectivity index (χ2n) is 7.35. The number of nitrogens with one attached hydrogen (secondary N) is 1. The highest BCUT2D eigenvalue weighted by Crippen LogP contribution is 2.29. The molecule has 0 amide bonds. The Kier molecular flexibility index (Phi) is 6.75. The molecular weight excluding hydrogens is 242 g/mol. The van der Waals surface area contributed by atoms with E-state index in [2.05, 4.69) is 71.1 Å². The first-order valence-corrected chi connectivity index (χ1v) is 8.12. The van der Waals surface area contributed by atoms with Gasteiger partial charge in [0.05, 0.1) is 0 Å². The van der Waals surface area contributed by atoms with Crippen LogP contribution >= 0.6 is 0 Å². The Labute approximate surface area is 126 Å². The first-order chi connectivity index (χ1) is 9.32. The fourth-order valence-corrected chi connectivity index (χ4v) is 2.49. The van der Waals surface area contributed by atoms with Crippen LogP contribution in [0.15, 0.2) is 24.3 Å². The molecule has 1 nitrogen and oxygen atoms in total. The van der Waals surface area contributed by atoms with Gasteiger partial charge < -0.3 is 5.32 Å². The minimum absolute atomic E-state index is 0.388. The molecule has 0 aliphatic rings. The maximum Gasteiger partial charge on any atom is 0.0110 e. The van der Waals surface area contributed by atoms with Crippen molar-refractivity contribution in [1.29, 1.82) is 0 Å². The fraction of sp³-hybridized carbons (Fsp3) is 0.684. The summed E-state index contributed by atoms with van der Waals surface area (Å²) in [5.74, 6) is 0.724. The van der Waals surface area contributed by atoms with Crippen molar-refractivity contribution in [3.8, 4) is 0 Å². The van der Waals surface area contributed by atoms with Crippen molar-refractivity contribution in [2.45, 2.75) is 66.8 Å². The molecule has 0 saturated carbocycles. The van der Waals surface area contributed by atoms with Gasteiger partial charge in [0, 0.05) is 6.04 Å². The molecule has 0 bridgehead atoms. The maximum absolute atomic E-state index is 3.74. The van der Waals surface area contributed by atoms with E-state index in [0.29, 0.717) is 11.5 Å². The van der Waals surface area contributed by atoms with Crippen molar-refractivity contribution >= 4 is 0 Å². The summed E-state index contributed by atoms with van der Waals surface area (Å²) in [6.45, 7) is 15.0. The molecule has 20 heavy (non-hydrogen) atoms. The van der Waals surface area contributed by atoms with Gasteiger partial charge in [0.15, 0.2) is 0 Å². The standard InChI is InChI=1S/C19H33N/c1-7-11-20-18(13-16(3)19(4,5)6)14-17-10-8-9-15(2)12-17/h8-10,12,16,18,20H,7,11,13-14H2,1-6H3. The van der Waals surface area contributed by atoms with Crippen LogP contribution in [0, 0.1) is 18.3 Å². The predicted molar refractivity (Wildman–Crippen MR) is 90.2 cm³/mol. The minimum atomic E-state index is 0.388. The lowest BCUT2D eigenvalue weighted by Crippen LogP contribution is -2.35. The lowest BCUT2D eigenvalue weighted by atomic mass is 9.77. The molecule has 0 aliphatic heterocycles. The zero-order valence-electron chi connectivity index (χ0n) is 14.3. The van der Waals surface area contributed by atoms with Gasteiger partial charge in [-0.25, -0.2) is 0 Å². The Bertz CT molecular complexity index is 389. The van der Waals surface area contributed by atoms with Crippen molar-refractivity contribution in [2.75, 3.05) is 6.54 Å². The molecular formula is C19H33N. The van der Waals surface area contributed by atoms with Crippen LogP contribution in [0.4, 0.5) is 0 Å². The van der Waals surface area contributed by atoms with E-state index in [9.17, 15) is 0 Å². The van der Waals surface area contributed by atoms with Crippen molar-refractivity contribution in [3.63, 3.8) is 0 Å². The second kappa shape index (κ2) is 7.83. The van der Waals surface area contributed by atoms with Crippen molar-refractivity contribution in [2.24, 2.45) is 11.3 Å². The van der Waals surface area contributed by atoms with Crippen molar-refractivity contribution < 1.29 is 0 Å². The van der Waals surface area contributed by atoms with Gasteiger partial charge in [-0.2, -0.15) is 0 Å². The predicted octanol–water partition coefficient (Wildman–Crippen LogP) is 4.98. The molecule has 1 heteroatoms. The topological polar surface area (TPSA) is 12.0 Å². The SMILES string of the molecule is CCCNC(Cc1cccc(C)c1)CC(C)C(C)(C)C. The largest absolute Gasteiger partial charge is 0.314 e. The van der Waals surface area contributed by atoms with E-state index in [1.165, 1.54) is 24.0 Å². The number of benzene rings is 1. The summed E-state index contributed by atoms with van der Waals surface area (Å²) in [5.41, 5.74) is 3.21. The molecule has 114 valence electrons. The monoisotopic (exact) mass is 275 g/mol. The van der Waals surface area contributed by atoms with Crippen LogP contribution in [-0.2, 0) is 6.42 Å². The number of hydrogen-bond acceptors (Lipinski definition) is 1. The van der Waals surface area contributed by atoms with E-state index in [0.717, 1.165) is 18.9 Å².